The van der Waals surface area contributed by atoms with Crippen LogP contribution in [0.5, 0.6) is 5.75 Å². The number of H-pyrrole nitrogens is 2. The molecule has 2 aromatic carbocycles. The molecule has 0 aliphatic heterocycles. The lowest BCUT2D eigenvalue weighted by Crippen LogP contribution is -1.91. The first-order valence-corrected chi connectivity index (χ1v) is 8.05. The molecule has 0 aliphatic carbocycles. The van der Waals surface area contributed by atoms with Gasteiger partial charge in [-0.3, -0.25) is 5.10 Å². The van der Waals surface area contributed by atoms with E-state index in [2.05, 4.69) is 20.2 Å². The molecule has 0 atom stereocenters. The molecule has 0 saturated heterocycles. The van der Waals surface area contributed by atoms with Crippen molar-refractivity contribution in [2.75, 3.05) is 7.11 Å². The number of fused-ring (bicyclic) bond motifs is 1. The van der Waals surface area contributed by atoms with Gasteiger partial charge in [-0.1, -0.05) is 17.7 Å². The van der Waals surface area contributed by atoms with E-state index in [4.69, 9.17) is 16.3 Å². The molecule has 126 valence electrons. The van der Waals surface area contributed by atoms with Crippen LogP contribution in [0.4, 0.5) is 0 Å². The Morgan fingerprint density at radius 3 is 2.84 bits per heavy atom. The summed E-state index contributed by atoms with van der Waals surface area (Å²) in [7, 11) is 1.59. The smallest absolute Gasteiger partial charge is 0.156 e. The molecule has 4 aromatic rings. The highest BCUT2D eigenvalue weighted by Gasteiger charge is 2.13. The fourth-order valence-corrected chi connectivity index (χ4v) is 2.90. The fraction of sp³-hybridized carbons (Fsp3) is 0.111. The van der Waals surface area contributed by atoms with Crippen molar-refractivity contribution in [1.29, 1.82) is 0 Å². The number of hydrogen-bond acceptors (Lipinski definition) is 4. The lowest BCUT2D eigenvalue weighted by molar-refractivity contribution is 0.281. The van der Waals surface area contributed by atoms with Gasteiger partial charge in [-0.25, -0.2) is 4.98 Å². The van der Waals surface area contributed by atoms with Gasteiger partial charge in [0.2, 0.25) is 0 Å². The SMILES string of the molecule is COc1cc(CO)ccc1-c1cc(-c2nc3cc(Cl)ccc3[nH]2)[nH]n1. The highest BCUT2D eigenvalue weighted by Crippen LogP contribution is 2.32. The average Bonchev–Trinajstić information content (AvgIpc) is 3.27. The second-order valence-corrected chi connectivity index (χ2v) is 6.04. The van der Waals surface area contributed by atoms with Gasteiger partial charge in [0.05, 0.1) is 30.4 Å². The van der Waals surface area contributed by atoms with Crippen molar-refractivity contribution in [3.05, 3.63) is 53.1 Å². The Hall–Kier alpha value is -2.83. The minimum absolute atomic E-state index is 0.0377. The number of ether oxygens (including phenoxy) is 1. The van der Waals surface area contributed by atoms with Gasteiger partial charge in [0.25, 0.3) is 0 Å². The summed E-state index contributed by atoms with van der Waals surface area (Å²) in [5.74, 6) is 1.34. The van der Waals surface area contributed by atoms with Crippen molar-refractivity contribution in [2.45, 2.75) is 6.61 Å². The zero-order valence-electron chi connectivity index (χ0n) is 13.4. The van der Waals surface area contributed by atoms with Gasteiger partial charge in [0, 0.05) is 10.6 Å². The lowest BCUT2D eigenvalue weighted by atomic mass is 10.1. The Balaban J connectivity index is 1.74. The molecular formula is C18H15ClN4O2. The molecule has 0 saturated carbocycles. The first-order valence-electron chi connectivity index (χ1n) is 7.67. The average molecular weight is 355 g/mol. The van der Waals surface area contributed by atoms with E-state index in [-0.39, 0.29) is 6.61 Å². The molecular weight excluding hydrogens is 340 g/mol. The molecule has 7 heteroatoms. The summed E-state index contributed by atoms with van der Waals surface area (Å²) in [6.07, 6.45) is 0. The lowest BCUT2D eigenvalue weighted by Gasteiger charge is -2.07. The van der Waals surface area contributed by atoms with Crippen LogP contribution in [0.1, 0.15) is 5.56 Å². The Morgan fingerprint density at radius 2 is 2.04 bits per heavy atom. The van der Waals surface area contributed by atoms with Crippen molar-refractivity contribution < 1.29 is 9.84 Å². The van der Waals surface area contributed by atoms with E-state index < -0.39 is 0 Å². The van der Waals surface area contributed by atoms with Crippen molar-refractivity contribution in [1.82, 2.24) is 20.2 Å². The van der Waals surface area contributed by atoms with Gasteiger partial charge < -0.3 is 14.8 Å². The summed E-state index contributed by atoms with van der Waals surface area (Å²) in [6, 6.07) is 12.9. The molecule has 0 unspecified atom stereocenters. The molecule has 0 bridgehead atoms. The monoisotopic (exact) mass is 354 g/mol. The molecule has 0 spiro atoms. The minimum atomic E-state index is -0.0377. The maximum atomic E-state index is 9.26. The summed E-state index contributed by atoms with van der Waals surface area (Å²) in [5.41, 5.74) is 4.81. The zero-order valence-corrected chi connectivity index (χ0v) is 14.1. The molecule has 2 aromatic heterocycles. The number of rotatable bonds is 4. The summed E-state index contributed by atoms with van der Waals surface area (Å²) in [4.78, 5) is 7.79. The number of imidazole rings is 1. The molecule has 2 heterocycles. The van der Waals surface area contributed by atoms with Gasteiger partial charge >= 0.3 is 0 Å². The highest BCUT2D eigenvalue weighted by atomic mass is 35.5. The fourth-order valence-electron chi connectivity index (χ4n) is 2.73. The topological polar surface area (TPSA) is 86.8 Å². The van der Waals surface area contributed by atoms with Crippen LogP contribution in [-0.4, -0.2) is 32.4 Å². The predicted molar refractivity (Wildman–Crippen MR) is 96.6 cm³/mol. The molecule has 0 aliphatic rings. The first kappa shape index (κ1) is 15.7. The summed E-state index contributed by atoms with van der Waals surface area (Å²) in [5, 5.41) is 17.3. The largest absolute Gasteiger partial charge is 0.496 e. The number of hydrogen-bond donors (Lipinski definition) is 3. The maximum Gasteiger partial charge on any atom is 0.156 e. The third-order valence-corrected chi connectivity index (χ3v) is 4.24. The van der Waals surface area contributed by atoms with Gasteiger partial charge in [0.15, 0.2) is 5.82 Å². The van der Waals surface area contributed by atoms with Crippen LogP contribution in [0.25, 0.3) is 33.8 Å². The molecule has 4 rings (SSSR count). The Labute approximate surface area is 148 Å². The third kappa shape index (κ3) is 2.86. The molecule has 6 nitrogen and oxygen atoms in total. The van der Waals surface area contributed by atoms with E-state index in [0.29, 0.717) is 16.6 Å². The van der Waals surface area contributed by atoms with E-state index in [0.717, 1.165) is 33.5 Å². The molecule has 0 radical (unpaired) electrons. The van der Waals surface area contributed by atoms with E-state index in [1.165, 1.54) is 0 Å². The highest BCUT2D eigenvalue weighted by molar-refractivity contribution is 6.31. The number of methoxy groups -OCH3 is 1. The maximum absolute atomic E-state index is 9.26. The number of halogens is 1. The van der Waals surface area contributed by atoms with E-state index in [1.54, 1.807) is 13.2 Å². The van der Waals surface area contributed by atoms with E-state index >= 15 is 0 Å². The number of aliphatic hydroxyl groups is 1. The summed E-state index contributed by atoms with van der Waals surface area (Å²) < 4.78 is 5.42. The normalized spacial score (nSPS) is 11.2. The van der Waals surface area contributed by atoms with Crippen LogP contribution in [0.2, 0.25) is 5.02 Å². The molecule has 0 amide bonds. The molecule has 25 heavy (non-hydrogen) atoms. The minimum Gasteiger partial charge on any atom is -0.496 e. The van der Waals surface area contributed by atoms with E-state index in [9.17, 15) is 5.11 Å². The van der Waals surface area contributed by atoms with Crippen LogP contribution >= 0.6 is 11.6 Å². The number of aromatic nitrogens is 4. The second-order valence-electron chi connectivity index (χ2n) is 5.61. The molecule has 3 N–H and O–H groups in total. The van der Waals surface area contributed by atoms with Crippen molar-refractivity contribution in [3.8, 4) is 28.5 Å². The third-order valence-electron chi connectivity index (χ3n) is 4.00. The van der Waals surface area contributed by atoms with Crippen LogP contribution in [-0.2, 0) is 6.61 Å². The standard InChI is InChI=1S/C18H15ClN4O2/c1-25-17-6-10(9-24)2-4-12(17)14-8-16(23-22-14)18-20-13-5-3-11(19)7-15(13)21-18/h2-8,24H,9H2,1H3,(H,20,21)(H,22,23). The number of nitrogens with zero attached hydrogens (tertiary/aromatic N) is 2. The Morgan fingerprint density at radius 1 is 1.16 bits per heavy atom. The summed E-state index contributed by atoms with van der Waals surface area (Å²) >= 11 is 6.01. The van der Waals surface area contributed by atoms with Gasteiger partial charge in [0.1, 0.15) is 11.4 Å². The van der Waals surface area contributed by atoms with E-state index in [1.807, 2.05) is 36.4 Å². The van der Waals surface area contributed by atoms with Gasteiger partial charge in [-0.15, -0.1) is 0 Å². The first-order chi connectivity index (χ1) is 12.2. The van der Waals surface area contributed by atoms with Crippen molar-refractivity contribution >= 4 is 22.6 Å². The molecule has 0 fully saturated rings. The van der Waals surface area contributed by atoms with Crippen molar-refractivity contribution in [2.24, 2.45) is 0 Å². The van der Waals surface area contributed by atoms with Crippen LogP contribution < -0.4 is 4.74 Å². The van der Waals surface area contributed by atoms with Crippen molar-refractivity contribution in [3.63, 3.8) is 0 Å². The second kappa shape index (κ2) is 6.23. The Bertz CT molecular complexity index is 1050. The number of aliphatic hydroxyl groups excluding tert-OH is 1. The quantitative estimate of drug-likeness (QED) is 0.520. The number of nitrogens with one attached hydrogen (secondary N) is 2. The van der Waals surface area contributed by atoms with Gasteiger partial charge in [-0.05, 0) is 42.0 Å². The Kier molecular flexibility index (Phi) is 3.91. The van der Waals surface area contributed by atoms with Crippen LogP contribution in [0.3, 0.4) is 0 Å². The van der Waals surface area contributed by atoms with Crippen LogP contribution in [0.15, 0.2) is 42.5 Å². The van der Waals surface area contributed by atoms with Crippen LogP contribution in [0, 0.1) is 0 Å². The zero-order chi connectivity index (χ0) is 17.4. The number of benzene rings is 2. The van der Waals surface area contributed by atoms with Gasteiger partial charge in [-0.2, -0.15) is 5.10 Å². The number of aromatic amines is 2. The summed E-state index contributed by atoms with van der Waals surface area (Å²) in [6.45, 7) is -0.0377. The predicted octanol–water partition coefficient (Wildman–Crippen LogP) is 3.77.